The average Bonchev–Trinajstić information content (AvgIpc) is 1.66. The van der Waals surface area contributed by atoms with Gasteiger partial charge in [-0.1, -0.05) is 115 Å². The maximum absolute atomic E-state index is 13.0. The van der Waals surface area contributed by atoms with Gasteiger partial charge in [-0.2, -0.15) is 13.0 Å². The van der Waals surface area contributed by atoms with Crippen LogP contribution in [0.2, 0.25) is 0 Å². The molecule has 0 bridgehead atoms. The molecular formula is C65H89BrN3O13PS+2. The van der Waals surface area contributed by atoms with E-state index < -0.39 is 39.6 Å². The number of allylic oxidation sites excluding steroid dienone is 8. The lowest BCUT2D eigenvalue weighted by molar-refractivity contribution is -0.870. The highest BCUT2D eigenvalue weighted by atomic mass is 79.9. The Balaban J connectivity index is 0.952. The van der Waals surface area contributed by atoms with E-state index in [1.807, 2.05) is 39.4 Å². The van der Waals surface area contributed by atoms with Crippen LogP contribution in [0.25, 0.3) is 21.5 Å². The molecule has 84 heavy (non-hydrogen) atoms. The topological polar surface area (TPSA) is 195 Å². The molecule has 458 valence electrons. The molecule has 2 unspecified atom stereocenters. The molecule has 4 aromatic rings. The van der Waals surface area contributed by atoms with Crippen molar-refractivity contribution in [1.29, 1.82) is 0 Å². The van der Waals surface area contributed by atoms with Crippen LogP contribution in [-0.2, 0) is 63.2 Å². The number of hydrogen-bond acceptors (Lipinski definition) is 12. The SMILES string of the molecule is CC(C)(CC(C)(Br)C(=O)OCCOP(=O)(O)OCC[N+](C)(C)C)C(=O)OCCOCCCC(=O)CCCCC[N+]1=C(C=CC=CC=CC=C2N(CCCCS(=O)(=O)O)c3ccc4ccccc4c3C2(C)C)C(C)(C)c2c1ccc1ccccc21. The number of esters is 2. The number of rotatable bonds is 34. The number of halogens is 1. The van der Waals surface area contributed by atoms with E-state index in [9.17, 15) is 36.8 Å². The minimum atomic E-state index is -4.31. The third-order valence-corrected chi connectivity index (χ3v) is 17.8. The Labute approximate surface area is 506 Å². The van der Waals surface area contributed by atoms with E-state index in [1.165, 1.54) is 44.1 Å². The van der Waals surface area contributed by atoms with Crippen molar-refractivity contribution in [3.63, 3.8) is 0 Å². The summed E-state index contributed by atoms with van der Waals surface area (Å²) in [6.45, 7) is 15.7. The van der Waals surface area contributed by atoms with Gasteiger partial charge in [0.25, 0.3) is 10.1 Å². The molecule has 6 rings (SSSR count). The van der Waals surface area contributed by atoms with Gasteiger partial charge >= 0.3 is 19.8 Å². The number of alkyl halides is 1. The van der Waals surface area contributed by atoms with Crippen LogP contribution in [-0.4, -0.2) is 141 Å². The van der Waals surface area contributed by atoms with E-state index in [0.717, 1.165) is 37.2 Å². The number of hydrogen-bond donors (Lipinski definition) is 2. The molecule has 2 aliphatic heterocycles. The molecule has 2 heterocycles. The number of carbonyl (C=O) groups is 3. The number of fused-ring (bicyclic) bond motifs is 6. The van der Waals surface area contributed by atoms with Crippen LogP contribution >= 0.6 is 23.8 Å². The number of ether oxygens (including phenoxy) is 3. The number of benzene rings is 4. The van der Waals surface area contributed by atoms with E-state index in [0.29, 0.717) is 56.3 Å². The van der Waals surface area contributed by atoms with Crippen LogP contribution in [0.1, 0.15) is 117 Å². The summed E-state index contributed by atoms with van der Waals surface area (Å²) in [5, 5.41) is 4.81. The zero-order valence-electron chi connectivity index (χ0n) is 50.9. The lowest BCUT2D eigenvalue weighted by Crippen LogP contribution is -2.40. The van der Waals surface area contributed by atoms with Crippen LogP contribution in [0, 0.1) is 5.41 Å². The summed E-state index contributed by atoms with van der Waals surface area (Å²) >= 11 is 3.38. The molecule has 0 aliphatic carbocycles. The van der Waals surface area contributed by atoms with Crippen LogP contribution in [0.15, 0.2) is 121 Å². The van der Waals surface area contributed by atoms with Crippen molar-refractivity contribution in [2.24, 2.45) is 5.41 Å². The normalized spacial score (nSPS) is 17.2. The molecule has 19 heteroatoms. The molecule has 2 aliphatic rings. The van der Waals surface area contributed by atoms with Crippen molar-refractivity contribution in [1.82, 2.24) is 0 Å². The summed E-state index contributed by atoms with van der Waals surface area (Å²) in [5.74, 6) is -1.27. The van der Waals surface area contributed by atoms with Crippen LogP contribution in [0.5, 0.6) is 0 Å². The summed E-state index contributed by atoms with van der Waals surface area (Å²) in [5.41, 5.74) is 5.53. The molecule has 0 saturated carbocycles. The Kier molecular flexibility index (Phi) is 23.9. The van der Waals surface area contributed by atoms with Crippen molar-refractivity contribution >= 4 is 90.2 Å². The number of ketones is 1. The number of Topliss-reactive ketones (excluding diaryl/α,β-unsaturated/α-hetero) is 1. The van der Waals surface area contributed by atoms with E-state index in [2.05, 4.69) is 150 Å². The first-order valence-electron chi connectivity index (χ1n) is 29.1. The monoisotopic (exact) mass is 1260 g/mol. The lowest BCUT2D eigenvalue weighted by Gasteiger charge is -2.30. The van der Waals surface area contributed by atoms with Gasteiger partial charge in [0.1, 0.15) is 43.0 Å². The van der Waals surface area contributed by atoms with Gasteiger partial charge in [-0.15, -0.1) is 0 Å². The summed E-state index contributed by atoms with van der Waals surface area (Å²) in [6, 6.07) is 25.7. The van der Waals surface area contributed by atoms with Gasteiger partial charge in [0.2, 0.25) is 5.69 Å². The Hall–Kier alpha value is -5.14. The van der Waals surface area contributed by atoms with Gasteiger partial charge in [-0.25, -0.2) is 4.57 Å². The fourth-order valence-electron chi connectivity index (χ4n) is 11.2. The number of anilines is 1. The minimum Gasteiger partial charge on any atom is -0.463 e. The van der Waals surface area contributed by atoms with E-state index in [4.69, 9.17) is 23.3 Å². The Morgan fingerprint density at radius 2 is 1.31 bits per heavy atom. The molecule has 0 radical (unpaired) electrons. The first-order valence-corrected chi connectivity index (χ1v) is 33.0. The highest BCUT2D eigenvalue weighted by Gasteiger charge is 2.46. The molecule has 4 aromatic carbocycles. The number of phosphoric acid groups is 1. The van der Waals surface area contributed by atoms with Crippen molar-refractivity contribution < 1.29 is 69.1 Å². The number of quaternary nitrogens is 1. The number of nitrogens with zero attached hydrogens (tertiary/aromatic N) is 3. The first-order chi connectivity index (χ1) is 39.5. The van der Waals surface area contributed by atoms with Gasteiger partial charge in [-0.05, 0) is 118 Å². The predicted octanol–water partition coefficient (Wildman–Crippen LogP) is 12.8. The van der Waals surface area contributed by atoms with Gasteiger partial charge in [0.15, 0.2) is 5.71 Å². The average molecular weight is 1260 g/mol. The lowest BCUT2D eigenvalue weighted by atomic mass is 9.79. The summed E-state index contributed by atoms with van der Waals surface area (Å²) < 4.78 is 72.6. The molecule has 2 N–H and O–H groups in total. The quantitative estimate of drug-likeness (QED) is 0.00655. The van der Waals surface area contributed by atoms with Crippen molar-refractivity contribution in [2.45, 2.75) is 121 Å². The van der Waals surface area contributed by atoms with Gasteiger partial charge in [0.05, 0.1) is 50.9 Å². The van der Waals surface area contributed by atoms with E-state index in [-0.39, 0.29) is 61.8 Å². The molecule has 2 atom stereocenters. The van der Waals surface area contributed by atoms with Gasteiger partial charge in [0, 0.05) is 66.9 Å². The largest absolute Gasteiger partial charge is 0.472 e. The minimum absolute atomic E-state index is 0.00790. The van der Waals surface area contributed by atoms with Crippen LogP contribution in [0.4, 0.5) is 11.4 Å². The van der Waals surface area contributed by atoms with Crippen LogP contribution in [0.3, 0.4) is 0 Å². The molecule has 0 aromatic heterocycles. The molecule has 16 nitrogen and oxygen atoms in total. The Morgan fingerprint density at radius 3 is 2.00 bits per heavy atom. The Morgan fingerprint density at radius 1 is 0.702 bits per heavy atom. The zero-order valence-corrected chi connectivity index (χ0v) is 54.2. The number of phosphoric ester groups is 1. The number of carbonyl (C=O) groups excluding carboxylic acids is 3. The maximum Gasteiger partial charge on any atom is 0.472 e. The van der Waals surface area contributed by atoms with Gasteiger partial charge in [-0.3, -0.25) is 28.0 Å². The zero-order chi connectivity index (χ0) is 61.6. The molecule has 0 saturated heterocycles. The second-order valence-corrected chi connectivity index (χ2v) is 29.5. The second-order valence-electron chi connectivity index (χ2n) is 24.7. The third-order valence-electron chi connectivity index (χ3n) is 15.4. The molecular weight excluding hydrogens is 1170 g/mol. The first kappa shape index (κ1) is 68.0. The van der Waals surface area contributed by atoms with E-state index >= 15 is 0 Å². The maximum atomic E-state index is 13.0. The second kappa shape index (κ2) is 29.5. The summed E-state index contributed by atoms with van der Waals surface area (Å²) in [7, 11) is -2.59. The molecule has 0 spiro atoms. The van der Waals surface area contributed by atoms with Crippen molar-refractivity contribution in [3.05, 3.63) is 132 Å². The molecule has 0 fully saturated rings. The van der Waals surface area contributed by atoms with Gasteiger partial charge < -0.3 is 28.5 Å². The third kappa shape index (κ3) is 18.9. The summed E-state index contributed by atoms with van der Waals surface area (Å²) in [6.07, 6.45) is 19.7. The highest BCUT2D eigenvalue weighted by Crippen LogP contribution is 2.51. The fourth-order valence-corrected chi connectivity index (χ4v) is 13.3. The smallest absolute Gasteiger partial charge is 0.463 e. The number of unbranched alkanes of at least 4 members (excludes halogenated alkanes) is 3. The van der Waals surface area contributed by atoms with Crippen LogP contribution < -0.4 is 4.90 Å². The molecule has 0 amide bonds. The predicted molar refractivity (Wildman–Crippen MR) is 338 cm³/mol. The van der Waals surface area contributed by atoms with Crippen molar-refractivity contribution in [2.75, 3.05) is 91.1 Å². The Bertz CT molecular complexity index is 3300. The van der Waals surface area contributed by atoms with E-state index in [1.54, 1.807) is 20.8 Å². The standard InChI is InChI=1S/C65H87BrN3O13PS/c1-62(2,48-65(7,66)61(72)80-45-46-82-83(73,74)81-42-40-69(8,9)10)60(71)79-44-43-78-41-25-29-51(70)28-15-14-22-38-67-54-36-34-49-26-18-20-30-52(49)58(54)63(3,4)56(67)32-16-12-11-13-17-33-57-64(5,6)59-53-31-21-19-27-50(53)35-37-55(59)68(57)39-23-24-47-84(75,76)77/h11-13,16-21,26-27,30-37H,14-15,22-25,28-29,38-48H2,1-10H3/p+2. The number of likely N-dealkylation sites (N-methyl/N-ethyl adjacent to an activating group) is 1. The fraction of sp³-hybridized carbons (Fsp3) is 0.508. The summed E-state index contributed by atoms with van der Waals surface area (Å²) in [4.78, 5) is 51.1. The highest BCUT2D eigenvalue weighted by molar-refractivity contribution is 9.10. The van der Waals surface area contributed by atoms with Crippen molar-refractivity contribution in [3.8, 4) is 0 Å².